The second-order valence-electron chi connectivity index (χ2n) is 5.68. The van der Waals surface area contributed by atoms with Crippen LogP contribution in [0, 0.1) is 5.92 Å². The third kappa shape index (κ3) is 3.70. The second-order valence-corrected chi connectivity index (χ2v) is 5.68. The molecule has 21 heavy (non-hydrogen) atoms. The predicted octanol–water partition coefficient (Wildman–Crippen LogP) is 2.02. The summed E-state index contributed by atoms with van der Waals surface area (Å²) >= 11 is 0. The number of nitrogens with one attached hydrogen (secondary N) is 2. The van der Waals surface area contributed by atoms with Gasteiger partial charge in [-0.3, -0.25) is 0 Å². The molecule has 1 heterocycles. The van der Waals surface area contributed by atoms with Gasteiger partial charge in [-0.25, -0.2) is 0 Å². The zero-order valence-corrected chi connectivity index (χ0v) is 12.1. The summed E-state index contributed by atoms with van der Waals surface area (Å²) in [5, 5.41) is 16.4. The van der Waals surface area contributed by atoms with Crippen LogP contribution < -0.4 is 10.6 Å². The number of aliphatic hydroxyl groups is 1. The van der Waals surface area contributed by atoms with Gasteiger partial charge in [-0.2, -0.15) is 0 Å². The fourth-order valence-electron chi connectivity index (χ4n) is 2.82. The molecule has 1 aliphatic rings. The first-order valence-corrected chi connectivity index (χ1v) is 7.57. The van der Waals surface area contributed by atoms with Crippen LogP contribution in [-0.4, -0.2) is 30.8 Å². The molecule has 1 aliphatic heterocycles. The Morgan fingerprint density at radius 2 is 1.81 bits per heavy atom. The summed E-state index contributed by atoms with van der Waals surface area (Å²) in [7, 11) is 0. The van der Waals surface area contributed by atoms with Crippen molar-refractivity contribution in [2.75, 3.05) is 19.6 Å². The van der Waals surface area contributed by atoms with Gasteiger partial charge in [-0.15, -0.1) is 0 Å². The van der Waals surface area contributed by atoms with E-state index in [0.717, 1.165) is 26.2 Å². The Morgan fingerprint density at radius 1 is 1.00 bits per heavy atom. The average molecular weight is 282 g/mol. The van der Waals surface area contributed by atoms with E-state index in [0.29, 0.717) is 5.92 Å². The van der Waals surface area contributed by atoms with Gasteiger partial charge in [-0.05, 0) is 22.8 Å². The third-order valence-corrected chi connectivity index (χ3v) is 4.07. The van der Waals surface area contributed by atoms with Crippen molar-refractivity contribution in [3.8, 4) is 11.1 Å². The fourth-order valence-corrected chi connectivity index (χ4v) is 2.82. The van der Waals surface area contributed by atoms with Crippen molar-refractivity contribution < 1.29 is 5.11 Å². The molecule has 0 aromatic heterocycles. The molecule has 1 fully saturated rings. The first kappa shape index (κ1) is 14.3. The molecule has 2 aromatic carbocycles. The molecule has 0 amide bonds. The largest absolute Gasteiger partial charge is 0.391 e. The summed E-state index contributed by atoms with van der Waals surface area (Å²) in [6, 6.07) is 19.0. The Labute approximate surface area is 126 Å². The molecule has 2 unspecified atom stereocenters. The lowest BCUT2D eigenvalue weighted by Gasteiger charge is -2.14. The number of hydrogen-bond donors (Lipinski definition) is 3. The Balaban J connectivity index is 1.59. The van der Waals surface area contributed by atoms with E-state index >= 15 is 0 Å². The molecule has 0 bridgehead atoms. The summed E-state index contributed by atoms with van der Waals surface area (Å²) in [6.07, 6.45) is -0.215. The lowest BCUT2D eigenvalue weighted by Crippen LogP contribution is -2.30. The monoisotopic (exact) mass is 282 g/mol. The average Bonchev–Trinajstić information content (AvgIpc) is 2.94. The molecular weight excluding hydrogens is 260 g/mol. The van der Waals surface area contributed by atoms with Crippen molar-refractivity contribution in [2.24, 2.45) is 5.92 Å². The summed E-state index contributed by atoms with van der Waals surface area (Å²) in [5.74, 6) is 0.322. The summed E-state index contributed by atoms with van der Waals surface area (Å²) in [4.78, 5) is 0. The van der Waals surface area contributed by atoms with E-state index in [4.69, 9.17) is 0 Å². The van der Waals surface area contributed by atoms with Crippen LogP contribution >= 0.6 is 0 Å². The lowest BCUT2D eigenvalue weighted by molar-refractivity contribution is 0.146. The van der Waals surface area contributed by atoms with Crippen LogP contribution in [0.15, 0.2) is 54.6 Å². The highest BCUT2D eigenvalue weighted by atomic mass is 16.3. The maximum Gasteiger partial charge on any atom is 0.0716 e. The van der Waals surface area contributed by atoms with Crippen LogP contribution in [0.4, 0.5) is 0 Å². The molecule has 0 spiro atoms. The highest BCUT2D eigenvalue weighted by Gasteiger charge is 2.23. The van der Waals surface area contributed by atoms with Gasteiger partial charge in [0.15, 0.2) is 0 Å². The minimum absolute atomic E-state index is 0.215. The first-order valence-electron chi connectivity index (χ1n) is 7.57. The Hall–Kier alpha value is -1.68. The van der Waals surface area contributed by atoms with E-state index in [1.54, 1.807) is 0 Å². The van der Waals surface area contributed by atoms with Gasteiger partial charge in [0.05, 0.1) is 6.10 Å². The van der Waals surface area contributed by atoms with Crippen molar-refractivity contribution in [2.45, 2.75) is 12.6 Å². The molecular formula is C18H22N2O. The highest BCUT2D eigenvalue weighted by Crippen LogP contribution is 2.20. The standard InChI is InChI=1S/C18H22N2O/c21-18-13-20-12-17(18)11-19-10-14-5-4-8-16(9-14)15-6-2-1-3-7-15/h1-9,17-21H,10-13H2. The quantitative estimate of drug-likeness (QED) is 0.786. The Morgan fingerprint density at radius 3 is 2.57 bits per heavy atom. The van der Waals surface area contributed by atoms with E-state index < -0.39 is 0 Å². The van der Waals surface area contributed by atoms with Gasteiger partial charge in [0.2, 0.25) is 0 Å². The second kappa shape index (κ2) is 6.85. The van der Waals surface area contributed by atoms with Crippen molar-refractivity contribution in [1.29, 1.82) is 0 Å². The summed E-state index contributed by atoms with van der Waals surface area (Å²) in [6.45, 7) is 3.31. The van der Waals surface area contributed by atoms with E-state index in [-0.39, 0.29) is 6.10 Å². The SMILES string of the molecule is OC1CNCC1CNCc1cccc(-c2ccccc2)c1. The Kier molecular flexibility index (Phi) is 4.65. The molecule has 2 atom stereocenters. The van der Waals surface area contributed by atoms with Gasteiger partial charge in [0.25, 0.3) is 0 Å². The number of aliphatic hydroxyl groups excluding tert-OH is 1. The lowest BCUT2D eigenvalue weighted by atomic mass is 10.0. The van der Waals surface area contributed by atoms with E-state index in [2.05, 4.69) is 59.2 Å². The zero-order valence-electron chi connectivity index (χ0n) is 12.1. The van der Waals surface area contributed by atoms with Gasteiger partial charge in [0.1, 0.15) is 0 Å². The van der Waals surface area contributed by atoms with Gasteiger partial charge in [-0.1, -0.05) is 48.5 Å². The predicted molar refractivity (Wildman–Crippen MR) is 86.0 cm³/mol. The molecule has 3 N–H and O–H groups in total. The maximum atomic E-state index is 9.78. The van der Waals surface area contributed by atoms with Crippen molar-refractivity contribution in [3.05, 3.63) is 60.2 Å². The fraction of sp³-hybridized carbons (Fsp3) is 0.333. The van der Waals surface area contributed by atoms with Crippen molar-refractivity contribution in [3.63, 3.8) is 0 Å². The number of benzene rings is 2. The van der Waals surface area contributed by atoms with Crippen LogP contribution in [0.3, 0.4) is 0 Å². The minimum Gasteiger partial charge on any atom is -0.391 e. The van der Waals surface area contributed by atoms with Crippen LogP contribution in [0.1, 0.15) is 5.56 Å². The summed E-state index contributed by atoms with van der Waals surface area (Å²) in [5.41, 5.74) is 3.77. The number of β-amino-alcohol motifs (C(OH)–C–C–N with tert-alkyl or cyclic N) is 1. The molecule has 1 saturated heterocycles. The molecule has 110 valence electrons. The van der Waals surface area contributed by atoms with Gasteiger partial charge >= 0.3 is 0 Å². The Bertz CT molecular complexity index is 570. The van der Waals surface area contributed by atoms with Crippen LogP contribution in [0.5, 0.6) is 0 Å². The van der Waals surface area contributed by atoms with E-state index in [9.17, 15) is 5.11 Å². The van der Waals surface area contributed by atoms with E-state index in [1.807, 2.05) is 6.07 Å². The first-order chi connectivity index (χ1) is 10.3. The van der Waals surface area contributed by atoms with Gasteiger partial charge < -0.3 is 15.7 Å². The molecule has 3 heteroatoms. The van der Waals surface area contributed by atoms with Crippen LogP contribution in [-0.2, 0) is 6.54 Å². The molecule has 0 saturated carbocycles. The molecule has 3 rings (SSSR count). The number of rotatable bonds is 5. The van der Waals surface area contributed by atoms with Crippen molar-refractivity contribution in [1.82, 2.24) is 10.6 Å². The van der Waals surface area contributed by atoms with Crippen LogP contribution in [0.25, 0.3) is 11.1 Å². The minimum atomic E-state index is -0.215. The maximum absolute atomic E-state index is 9.78. The van der Waals surface area contributed by atoms with Gasteiger partial charge in [0, 0.05) is 32.1 Å². The van der Waals surface area contributed by atoms with Crippen molar-refractivity contribution >= 4 is 0 Å². The normalized spacial score (nSPS) is 21.6. The number of hydrogen-bond acceptors (Lipinski definition) is 3. The topological polar surface area (TPSA) is 44.3 Å². The molecule has 2 aromatic rings. The molecule has 3 nitrogen and oxygen atoms in total. The summed E-state index contributed by atoms with van der Waals surface area (Å²) < 4.78 is 0. The molecule has 0 aliphatic carbocycles. The molecule has 0 radical (unpaired) electrons. The van der Waals surface area contributed by atoms with E-state index in [1.165, 1.54) is 16.7 Å². The smallest absolute Gasteiger partial charge is 0.0716 e. The third-order valence-electron chi connectivity index (χ3n) is 4.07. The van der Waals surface area contributed by atoms with Crippen LogP contribution in [0.2, 0.25) is 0 Å². The highest BCUT2D eigenvalue weighted by molar-refractivity contribution is 5.63. The zero-order chi connectivity index (χ0) is 14.5.